The van der Waals surface area contributed by atoms with Gasteiger partial charge in [0.2, 0.25) is 0 Å². The molecule has 0 saturated carbocycles. The average Bonchev–Trinajstić information content (AvgIpc) is 3.27. The summed E-state index contributed by atoms with van der Waals surface area (Å²) in [5.41, 5.74) is 9.21. The van der Waals surface area contributed by atoms with Crippen molar-refractivity contribution in [2.24, 2.45) is 0 Å². The number of hydrogen-bond acceptors (Lipinski definition) is 6. The third kappa shape index (κ3) is 7.27. The second-order valence-corrected chi connectivity index (χ2v) is 13.4. The summed E-state index contributed by atoms with van der Waals surface area (Å²) in [6.07, 6.45) is 0. The predicted octanol–water partition coefficient (Wildman–Crippen LogP) is 12.0. The first-order valence-corrected chi connectivity index (χ1v) is 18.3. The maximum absolute atomic E-state index is 6.45. The van der Waals surface area contributed by atoms with E-state index in [1.807, 2.05) is 146 Å². The van der Waals surface area contributed by atoms with Crippen molar-refractivity contribution in [2.75, 3.05) is 0 Å². The van der Waals surface area contributed by atoms with Crippen LogP contribution >= 0.6 is 11.6 Å². The molecule has 7 aromatic carbocycles. The van der Waals surface area contributed by atoms with E-state index in [9.17, 15) is 0 Å². The zero-order valence-electron chi connectivity index (χ0n) is 29.5. The topological polar surface area (TPSA) is 77.3 Å². The van der Waals surface area contributed by atoms with E-state index in [1.165, 1.54) is 0 Å². The van der Waals surface area contributed by atoms with Crippen LogP contribution in [0.2, 0.25) is 5.02 Å². The molecule has 0 saturated heterocycles. The van der Waals surface area contributed by atoms with Gasteiger partial charge in [-0.15, -0.1) is 0 Å². The fourth-order valence-electron chi connectivity index (χ4n) is 6.55. The number of rotatable bonds is 8. The normalized spacial score (nSPS) is 11.0. The Labute approximate surface area is 324 Å². The summed E-state index contributed by atoms with van der Waals surface area (Å²) in [7, 11) is 0. The highest BCUT2D eigenvalue weighted by Crippen LogP contribution is 2.38. The first-order valence-electron chi connectivity index (χ1n) is 17.9. The van der Waals surface area contributed by atoms with Crippen molar-refractivity contribution in [3.63, 3.8) is 0 Å². The largest absolute Gasteiger partial charge is 0.208 e. The molecule has 0 N–H and O–H groups in total. The molecule has 0 aliphatic rings. The summed E-state index contributed by atoms with van der Waals surface area (Å²) in [6.45, 7) is 0. The molecule has 55 heavy (non-hydrogen) atoms. The van der Waals surface area contributed by atoms with Crippen LogP contribution in [-0.4, -0.2) is 29.9 Å². The van der Waals surface area contributed by atoms with E-state index in [0.717, 1.165) is 55.6 Å². The number of hydrogen-bond donors (Lipinski definition) is 0. The van der Waals surface area contributed by atoms with E-state index in [-0.39, 0.29) is 0 Å². The van der Waals surface area contributed by atoms with Crippen molar-refractivity contribution in [1.29, 1.82) is 0 Å². The van der Waals surface area contributed by atoms with Crippen LogP contribution in [0.25, 0.3) is 90.6 Å². The minimum Gasteiger partial charge on any atom is -0.208 e. The Kier molecular flexibility index (Phi) is 9.22. The zero-order chi connectivity index (χ0) is 37.0. The molecule has 9 aromatic rings. The fraction of sp³-hybridized carbons (Fsp3) is 0. The summed E-state index contributed by atoms with van der Waals surface area (Å²) in [6, 6.07) is 62.6. The van der Waals surface area contributed by atoms with Gasteiger partial charge in [-0.2, -0.15) is 0 Å². The van der Waals surface area contributed by atoms with Crippen molar-refractivity contribution < 1.29 is 0 Å². The molecular formula is C48H31ClN6. The Morgan fingerprint density at radius 3 is 1.11 bits per heavy atom. The van der Waals surface area contributed by atoms with E-state index in [4.69, 9.17) is 41.5 Å². The molecule has 0 spiro atoms. The number of nitrogens with zero attached hydrogens (tertiary/aromatic N) is 6. The average molecular weight is 727 g/mol. The third-order valence-corrected chi connectivity index (χ3v) is 9.46. The van der Waals surface area contributed by atoms with Crippen LogP contribution in [0.5, 0.6) is 0 Å². The van der Waals surface area contributed by atoms with Crippen LogP contribution < -0.4 is 0 Å². The molecule has 0 amide bonds. The summed E-state index contributed by atoms with van der Waals surface area (Å²) < 4.78 is 0. The highest BCUT2D eigenvalue weighted by atomic mass is 35.5. The molecule has 7 heteroatoms. The van der Waals surface area contributed by atoms with Crippen LogP contribution in [0, 0.1) is 0 Å². The van der Waals surface area contributed by atoms with Crippen molar-refractivity contribution >= 4 is 11.6 Å². The van der Waals surface area contributed by atoms with E-state index in [0.29, 0.717) is 40.0 Å². The summed E-state index contributed by atoms with van der Waals surface area (Å²) >= 11 is 6.45. The standard InChI is InChI=1S/C48H31ClN6/c49-40-25-15-24-36(31-40)46-51-45(35-22-11-4-12-23-35)54-48(55-46)42-27-14-13-26-41(42)38-28-37(32-16-5-1-6-17-32)29-39(30-38)47-52-43(33-18-7-2-8-19-33)50-44(53-47)34-20-9-3-10-21-34/h1-31H. The quantitative estimate of drug-likeness (QED) is 0.155. The lowest BCUT2D eigenvalue weighted by Gasteiger charge is -2.15. The van der Waals surface area contributed by atoms with E-state index < -0.39 is 0 Å². The smallest absolute Gasteiger partial charge is 0.164 e. The number of benzene rings is 7. The maximum Gasteiger partial charge on any atom is 0.164 e. The van der Waals surface area contributed by atoms with Gasteiger partial charge in [0.1, 0.15) is 0 Å². The Morgan fingerprint density at radius 1 is 0.236 bits per heavy atom. The van der Waals surface area contributed by atoms with Crippen LogP contribution in [0.15, 0.2) is 188 Å². The lowest BCUT2D eigenvalue weighted by atomic mass is 9.93. The van der Waals surface area contributed by atoms with Gasteiger partial charge in [-0.25, -0.2) is 29.9 Å². The second kappa shape index (κ2) is 15.1. The third-order valence-electron chi connectivity index (χ3n) is 9.23. The van der Waals surface area contributed by atoms with Gasteiger partial charge in [-0.05, 0) is 52.6 Å². The Morgan fingerprint density at radius 2 is 0.600 bits per heavy atom. The molecule has 0 aliphatic heterocycles. The molecule has 0 fully saturated rings. The monoisotopic (exact) mass is 726 g/mol. The van der Waals surface area contributed by atoms with Crippen molar-refractivity contribution in [3.05, 3.63) is 193 Å². The van der Waals surface area contributed by atoms with Gasteiger partial charge in [-0.3, -0.25) is 0 Å². The SMILES string of the molecule is Clc1cccc(-c2nc(-c3ccccc3)nc(-c3ccccc3-c3cc(-c4ccccc4)cc(-c4nc(-c5ccccc5)nc(-c5ccccc5)n4)c3)n2)c1. The minimum atomic E-state index is 0.534. The minimum absolute atomic E-state index is 0.534. The first kappa shape index (κ1) is 33.7. The summed E-state index contributed by atoms with van der Waals surface area (Å²) in [5, 5.41) is 0.607. The molecule has 0 aliphatic carbocycles. The lowest BCUT2D eigenvalue weighted by Crippen LogP contribution is -2.02. The highest BCUT2D eigenvalue weighted by Gasteiger charge is 2.19. The van der Waals surface area contributed by atoms with Crippen LogP contribution in [0.4, 0.5) is 0 Å². The number of aromatic nitrogens is 6. The zero-order valence-corrected chi connectivity index (χ0v) is 30.2. The molecule has 0 bridgehead atoms. The molecule has 0 radical (unpaired) electrons. The van der Waals surface area contributed by atoms with Gasteiger partial charge in [0.25, 0.3) is 0 Å². The number of halogens is 1. The lowest BCUT2D eigenvalue weighted by molar-refractivity contribution is 1.07. The van der Waals surface area contributed by atoms with Gasteiger partial charge in [0.05, 0.1) is 0 Å². The van der Waals surface area contributed by atoms with Crippen LogP contribution in [0.3, 0.4) is 0 Å². The van der Waals surface area contributed by atoms with E-state index >= 15 is 0 Å². The van der Waals surface area contributed by atoms with Crippen molar-refractivity contribution in [3.8, 4) is 90.6 Å². The van der Waals surface area contributed by atoms with E-state index in [2.05, 4.69) is 42.5 Å². The summed E-state index contributed by atoms with van der Waals surface area (Å²) in [5.74, 6) is 3.42. The Bertz CT molecular complexity index is 2700. The van der Waals surface area contributed by atoms with Crippen LogP contribution in [-0.2, 0) is 0 Å². The van der Waals surface area contributed by atoms with Crippen molar-refractivity contribution in [2.45, 2.75) is 0 Å². The Balaban J connectivity index is 1.26. The highest BCUT2D eigenvalue weighted by molar-refractivity contribution is 6.30. The second-order valence-electron chi connectivity index (χ2n) is 12.9. The Hall–Kier alpha value is -7.15. The van der Waals surface area contributed by atoms with Crippen molar-refractivity contribution in [1.82, 2.24) is 29.9 Å². The van der Waals surface area contributed by atoms with Gasteiger partial charge in [0.15, 0.2) is 34.9 Å². The molecule has 260 valence electrons. The van der Waals surface area contributed by atoms with Gasteiger partial charge in [0, 0.05) is 38.4 Å². The molecular weight excluding hydrogens is 696 g/mol. The molecule has 6 nitrogen and oxygen atoms in total. The maximum atomic E-state index is 6.45. The molecule has 0 atom stereocenters. The fourth-order valence-corrected chi connectivity index (χ4v) is 6.74. The van der Waals surface area contributed by atoms with Crippen LogP contribution in [0.1, 0.15) is 0 Å². The first-order chi connectivity index (χ1) is 27.1. The van der Waals surface area contributed by atoms with E-state index in [1.54, 1.807) is 0 Å². The molecule has 9 rings (SSSR count). The van der Waals surface area contributed by atoms with Gasteiger partial charge in [-0.1, -0.05) is 169 Å². The van der Waals surface area contributed by atoms with Gasteiger partial charge < -0.3 is 0 Å². The molecule has 2 aromatic heterocycles. The summed E-state index contributed by atoms with van der Waals surface area (Å²) in [4.78, 5) is 30.1. The van der Waals surface area contributed by atoms with Gasteiger partial charge >= 0.3 is 0 Å². The predicted molar refractivity (Wildman–Crippen MR) is 222 cm³/mol. The molecule has 0 unspecified atom stereocenters. The molecule has 2 heterocycles.